The minimum absolute atomic E-state index is 0.326. The highest BCUT2D eigenvalue weighted by atomic mass is 16.5. The van der Waals surface area contributed by atoms with Gasteiger partial charge in [0.1, 0.15) is 0 Å². The van der Waals surface area contributed by atoms with Crippen LogP contribution in [-0.2, 0) is 4.79 Å². The fraction of sp³-hybridized carbons (Fsp3) is 0.0833. The van der Waals surface area contributed by atoms with Crippen LogP contribution in [0.3, 0.4) is 0 Å². The number of benzene rings is 1. The number of nitrogens with zero attached hydrogens (tertiary/aromatic N) is 3. The van der Waals surface area contributed by atoms with Crippen LogP contribution in [0, 0.1) is 18.3 Å². The molecule has 1 aromatic heterocycles. The van der Waals surface area contributed by atoms with E-state index in [0.717, 1.165) is 5.69 Å². The van der Waals surface area contributed by atoms with Crippen molar-refractivity contribution in [1.82, 2.24) is 9.78 Å². The second-order valence-corrected chi connectivity index (χ2v) is 3.41. The zero-order valence-electron chi connectivity index (χ0n) is 9.12. The van der Waals surface area contributed by atoms with Gasteiger partial charge in [0.25, 0.3) is 6.47 Å². The molecule has 0 bridgehead atoms. The number of rotatable bonds is 3. The number of carbonyl (C=O) groups excluding carboxylic acids is 1. The zero-order chi connectivity index (χ0) is 12.3. The molecule has 17 heavy (non-hydrogen) atoms. The average molecular weight is 227 g/mol. The molecular formula is C12H9N3O2. The predicted molar refractivity (Wildman–Crippen MR) is 59.7 cm³/mol. The van der Waals surface area contributed by atoms with E-state index in [-0.39, 0.29) is 0 Å². The molecule has 0 aliphatic carbocycles. The summed E-state index contributed by atoms with van der Waals surface area (Å²) in [5.74, 6) is 0.326. The molecule has 0 radical (unpaired) electrons. The maximum atomic E-state index is 10.4. The van der Waals surface area contributed by atoms with E-state index in [4.69, 9.17) is 10.00 Å². The van der Waals surface area contributed by atoms with Crippen LogP contribution in [-0.4, -0.2) is 16.3 Å². The minimum Gasteiger partial charge on any atom is -0.410 e. The van der Waals surface area contributed by atoms with Crippen LogP contribution in [0.15, 0.2) is 30.3 Å². The van der Waals surface area contributed by atoms with E-state index in [1.54, 1.807) is 37.3 Å². The molecule has 1 aromatic carbocycles. The third kappa shape index (κ3) is 2.16. The number of hydrogen-bond donors (Lipinski definition) is 0. The van der Waals surface area contributed by atoms with Gasteiger partial charge >= 0.3 is 0 Å². The molecule has 0 saturated heterocycles. The fourth-order valence-corrected chi connectivity index (χ4v) is 1.50. The molecule has 5 nitrogen and oxygen atoms in total. The first kappa shape index (κ1) is 10.9. The molecule has 0 fully saturated rings. The van der Waals surface area contributed by atoms with Crippen molar-refractivity contribution in [1.29, 1.82) is 5.26 Å². The van der Waals surface area contributed by atoms with Gasteiger partial charge in [-0.15, -0.1) is 0 Å². The number of aromatic nitrogens is 2. The summed E-state index contributed by atoms with van der Waals surface area (Å²) in [6.07, 6.45) is 0. The smallest absolute Gasteiger partial charge is 0.299 e. The minimum atomic E-state index is 0.326. The molecule has 0 aliphatic rings. The van der Waals surface area contributed by atoms with Gasteiger partial charge in [-0.2, -0.15) is 10.4 Å². The fourth-order valence-electron chi connectivity index (χ4n) is 1.50. The molecule has 0 atom stereocenters. The molecule has 0 amide bonds. The van der Waals surface area contributed by atoms with E-state index in [9.17, 15) is 4.79 Å². The SMILES string of the molecule is Cc1cc(OC=O)n(-c2cccc(C#N)c2)n1. The summed E-state index contributed by atoms with van der Waals surface area (Å²) in [5.41, 5.74) is 1.92. The maximum absolute atomic E-state index is 10.4. The quantitative estimate of drug-likeness (QED) is 0.746. The zero-order valence-corrected chi connectivity index (χ0v) is 9.12. The third-order valence-corrected chi connectivity index (χ3v) is 2.19. The van der Waals surface area contributed by atoms with Crippen LogP contribution < -0.4 is 4.74 Å². The van der Waals surface area contributed by atoms with Crippen LogP contribution in [0.4, 0.5) is 0 Å². The van der Waals surface area contributed by atoms with E-state index in [1.807, 2.05) is 6.07 Å². The highest BCUT2D eigenvalue weighted by molar-refractivity contribution is 5.47. The van der Waals surface area contributed by atoms with Gasteiger partial charge in [0.05, 0.1) is 23.0 Å². The van der Waals surface area contributed by atoms with Crippen LogP contribution in [0.2, 0.25) is 0 Å². The monoisotopic (exact) mass is 227 g/mol. The topological polar surface area (TPSA) is 67.9 Å². The lowest BCUT2D eigenvalue weighted by Gasteiger charge is -2.04. The molecule has 2 rings (SSSR count). The molecule has 2 aromatic rings. The van der Waals surface area contributed by atoms with E-state index < -0.39 is 0 Å². The summed E-state index contributed by atoms with van der Waals surface area (Å²) in [6, 6.07) is 10.6. The van der Waals surface area contributed by atoms with Crippen molar-refractivity contribution in [2.24, 2.45) is 0 Å². The Bertz CT molecular complexity index is 596. The van der Waals surface area contributed by atoms with Crippen LogP contribution >= 0.6 is 0 Å². The summed E-state index contributed by atoms with van der Waals surface area (Å²) in [4.78, 5) is 10.4. The number of hydrogen-bond acceptors (Lipinski definition) is 4. The maximum Gasteiger partial charge on any atom is 0.299 e. The van der Waals surface area contributed by atoms with Crippen molar-refractivity contribution in [2.75, 3.05) is 0 Å². The molecule has 0 saturated carbocycles. The highest BCUT2D eigenvalue weighted by Crippen LogP contribution is 2.19. The number of carbonyl (C=O) groups is 1. The lowest BCUT2D eigenvalue weighted by molar-refractivity contribution is -0.121. The normalized spacial score (nSPS) is 9.65. The summed E-state index contributed by atoms with van der Waals surface area (Å²) in [7, 11) is 0. The Kier molecular flexibility index (Phi) is 2.88. The standard InChI is InChI=1S/C12H9N3O2/c1-9-5-12(17-8-16)15(14-9)11-4-2-3-10(6-11)7-13/h2-6,8H,1H3. The van der Waals surface area contributed by atoms with Crippen LogP contribution in [0.5, 0.6) is 5.88 Å². The summed E-state index contributed by atoms with van der Waals surface area (Å²) < 4.78 is 6.30. The van der Waals surface area contributed by atoms with Crippen LogP contribution in [0.25, 0.3) is 5.69 Å². The molecule has 0 unspecified atom stereocenters. The van der Waals surface area contributed by atoms with Gasteiger partial charge in [0, 0.05) is 6.07 Å². The van der Waals surface area contributed by atoms with Gasteiger partial charge in [-0.3, -0.25) is 4.79 Å². The average Bonchev–Trinajstić information content (AvgIpc) is 2.71. The van der Waals surface area contributed by atoms with Crippen molar-refractivity contribution in [3.63, 3.8) is 0 Å². The van der Waals surface area contributed by atoms with Crippen molar-refractivity contribution in [3.8, 4) is 17.6 Å². The Morgan fingerprint density at radius 2 is 2.29 bits per heavy atom. The van der Waals surface area contributed by atoms with E-state index in [1.165, 1.54) is 4.68 Å². The van der Waals surface area contributed by atoms with Crippen molar-refractivity contribution < 1.29 is 9.53 Å². The Balaban J connectivity index is 2.51. The van der Waals surface area contributed by atoms with Gasteiger partial charge in [-0.25, -0.2) is 4.68 Å². The first-order valence-electron chi connectivity index (χ1n) is 4.92. The Labute approximate surface area is 97.9 Å². The molecule has 0 aliphatic heterocycles. The number of aryl methyl sites for hydroxylation is 1. The largest absolute Gasteiger partial charge is 0.410 e. The Morgan fingerprint density at radius 1 is 1.47 bits per heavy atom. The van der Waals surface area contributed by atoms with Gasteiger partial charge in [0.15, 0.2) is 0 Å². The Hall–Kier alpha value is -2.61. The van der Waals surface area contributed by atoms with E-state index in [2.05, 4.69) is 5.10 Å². The van der Waals surface area contributed by atoms with Crippen LogP contribution in [0.1, 0.15) is 11.3 Å². The lowest BCUT2D eigenvalue weighted by Crippen LogP contribution is -2.01. The molecular weight excluding hydrogens is 218 g/mol. The summed E-state index contributed by atoms with van der Waals surface area (Å²) in [6.45, 7) is 2.14. The van der Waals surface area contributed by atoms with E-state index in [0.29, 0.717) is 23.6 Å². The van der Waals surface area contributed by atoms with Gasteiger partial charge < -0.3 is 4.74 Å². The number of nitriles is 1. The lowest BCUT2D eigenvalue weighted by atomic mass is 10.2. The molecule has 1 heterocycles. The molecule has 84 valence electrons. The third-order valence-electron chi connectivity index (χ3n) is 2.19. The summed E-state index contributed by atoms with van der Waals surface area (Å²) in [5, 5.41) is 13.0. The number of ether oxygens (including phenoxy) is 1. The first-order valence-corrected chi connectivity index (χ1v) is 4.92. The predicted octanol–water partition coefficient (Wildman–Crippen LogP) is 1.59. The van der Waals surface area contributed by atoms with Crippen molar-refractivity contribution in [3.05, 3.63) is 41.6 Å². The summed E-state index contributed by atoms with van der Waals surface area (Å²) >= 11 is 0. The van der Waals surface area contributed by atoms with Gasteiger partial charge in [-0.1, -0.05) is 6.07 Å². The van der Waals surface area contributed by atoms with E-state index >= 15 is 0 Å². The van der Waals surface area contributed by atoms with Gasteiger partial charge in [-0.05, 0) is 25.1 Å². The Morgan fingerprint density at radius 3 is 3.00 bits per heavy atom. The second-order valence-electron chi connectivity index (χ2n) is 3.41. The first-order chi connectivity index (χ1) is 8.24. The molecule has 0 N–H and O–H groups in total. The molecule has 5 heteroatoms. The van der Waals surface area contributed by atoms with Crippen molar-refractivity contribution in [2.45, 2.75) is 6.92 Å². The molecule has 0 spiro atoms. The van der Waals surface area contributed by atoms with Crippen molar-refractivity contribution >= 4 is 6.47 Å². The second kappa shape index (κ2) is 4.49. The highest BCUT2D eigenvalue weighted by Gasteiger charge is 2.08. The van der Waals surface area contributed by atoms with Gasteiger partial charge in [0.2, 0.25) is 5.88 Å².